The van der Waals surface area contributed by atoms with E-state index in [0.717, 1.165) is 12.1 Å². The van der Waals surface area contributed by atoms with E-state index in [1.165, 1.54) is 10.9 Å². The van der Waals surface area contributed by atoms with Crippen LogP contribution in [0.25, 0.3) is 0 Å². The first-order chi connectivity index (χ1) is 8.58. The number of halogens is 1. The van der Waals surface area contributed by atoms with Crippen molar-refractivity contribution in [2.45, 2.75) is 20.3 Å². The van der Waals surface area contributed by atoms with Gasteiger partial charge >= 0.3 is 0 Å². The second kappa shape index (κ2) is 5.35. The van der Waals surface area contributed by atoms with Crippen molar-refractivity contribution in [1.82, 2.24) is 4.98 Å². The molecule has 2 N–H and O–H groups in total. The lowest BCUT2D eigenvalue weighted by Crippen LogP contribution is -2.04. The van der Waals surface area contributed by atoms with Gasteiger partial charge in [-0.2, -0.15) is 0 Å². The Labute approximate surface area is 109 Å². The van der Waals surface area contributed by atoms with Crippen LogP contribution in [0.3, 0.4) is 0 Å². The number of hydrogen-bond donors (Lipinski definition) is 1. The molecule has 0 fully saturated rings. The lowest BCUT2D eigenvalue weighted by molar-refractivity contribution is 0.323. The summed E-state index contributed by atoms with van der Waals surface area (Å²) in [6.07, 6.45) is 0.784. The van der Waals surface area contributed by atoms with Crippen molar-refractivity contribution in [3.63, 3.8) is 0 Å². The monoisotopic (exact) mass is 266 g/mol. The molecule has 0 spiro atoms. The van der Waals surface area contributed by atoms with Crippen LogP contribution in [-0.4, -0.2) is 11.6 Å². The maximum absolute atomic E-state index is 13.2. The molecule has 2 aromatic rings. The highest BCUT2D eigenvalue weighted by Crippen LogP contribution is 2.25. The number of thiazole rings is 1. The quantitative estimate of drug-likeness (QED) is 0.865. The van der Waals surface area contributed by atoms with Gasteiger partial charge in [-0.05, 0) is 25.5 Å². The number of rotatable bonds is 4. The lowest BCUT2D eigenvalue weighted by atomic mass is 10.2. The van der Waals surface area contributed by atoms with Gasteiger partial charge in [0, 0.05) is 17.4 Å². The summed E-state index contributed by atoms with van der Waals surface area (Å²) in [5.74, 6) is 0.231. The van der Waals surface area contributed by atoms with E-state index in [4.69, 9.17) is 10.5 Å². The van der Waals surface area contributed by atoms with Crippen LogP contribution in [0.5, 0.6) is 5.75 Å². The minimum atomic E-state index is -0.307. The number of hydrogen-bond acceptors (Lipinski definition) is 4. The minimum Gasteiger partial charge on any atom is -0.491 e. The van der Waals surface area contributed by atoms with E-state index < -0.39 is 0 Å². The third-order valence-electron chi connectivity index (χ3n) is 2.72. The Kier molecular flexibility index (Phi) is 3.81. The first-order valence-corrected chi connectivity index (χ1v) is 6.53. The SMILES string of the molecule is Cc1cc(OCCc2scnc2C)c(N)cc1F. The predicted octanol–water partition coefficient (Wildman–Crippen LogP) is 3.10. The first-order valence-electron chi connectivity index (χ1n) is 5.65. The molecule has 0 radical (unpaired) electrons. The maximum Gasteiger partial charge on any atom is 0.142 e. The smallest absolute Gasteiger partial charge is 0.142 e. The normalized spacial score (nSPS) is 10.6. The molecular formula is C13H15FN2OS. The number of ether oxygens (including phenoxy) is 1. The predicted molar refractivity (Wildman–Crippen MR) is 71.6 cm³/mol. The zero-order chi connectivity index (χ0) is 13.1. The largest absolute Gasteiger partial charge is 0.491 e. The minimum absolute atomic E-state index is 0.307. The summed E-state index contributed by atoms with van der Waals surface area (Å²) in [4.78, 5) is 5.38. The van der Waals surface area contributed by atoms with Gasteiger partial charge in [-0.1, -0.05) is 0 Å². The van der Waals surface area contributed by atoms with Crippen molar-refractivity contribution < 1.29 is 9.13 Å². The molecule has 3 nitrogen and oxygen atoms in total. The highest BCUT2D eigenvalue weighted by Gasteiger charge is 2.07. The van der Waals surface area contributed by atoms with Crippen LogP contribution in [0.15, 0.2) is 17.6 Å². The van der Waals surface area contributed by atoms with E-state index in [1.807, 2.05) is 12.4 Å². The summed E-state index contributed by atoms with van der Waals surface area (Å²) in [6.45, 7) is 4.18. The van der Waals surface area contributed by atoms with Crippen molar-refractivity contribution in [2.75, 3.05) is 12.3 Å². The molecule has 1 heterocycles. The summed E-state index contributed by atoms with van der Waals surface area (Å²) in [5, 5.41) is 0. The molecule has 1 aromatic carbocycles. The fourth-order valence-corrected chi connectivity index (χ4v) is 2.38. The van der Waals surface area contributed by atoms with Crippen molar-refractivity contribution in [2.24, 2.45) is 0 Å². The molecule has 1 aromatic heterocycles. The Morgan fingerprint density at radius 1 is 1.39 bits per heavy atom. The maximum atomic E-state index is 13.2. The van der Waals surface area contributed by atoms with Crippen molar-refractivity contribution in [1.29, 1.82) is 0 Å². The Morgan fingerprint density at radius 2 is 2.17 bits per heavy atom. The molecule has 0 aliphatic heterocycles. The van der Waals surface area contributed by atoms with Crippen LogP contribution in [0.2, 0.25) is 0 Å². The van der Waals surface area contributed by atoms with E-state index in [2.05, 4.69) is 4.98 Å². The molecule has 0 aliphatic rings. The molecule has 0 bridgehead atoms. The van der Waals surface area contributed by atoms with Crippen LogP contribution >= 0.6 is 11.3 Å². The van der Waals surface area contributed by atoms with Crippen LogP contribution < -0.4 is 10.5 Å². The highest BCUT2D eigenvalue weighted by atomic mass is 32.1. The van der Waals surface area contributed by atoms with Gasteiger partial charge < -0.3 is 10.5 Å². The van der Waals surface area contributed by atoms with Crippen LogP contribution in [0, 0.1) is 19.7 Å². The van der Waals surface area contributed by atoms with Crippen molar-refractivity contribution >= 4 is 17.0 Å². The summed E-state index contributed by atoms with van der Waals surface area (Å²) >= 11 is 1.61. The molecule has 0 atom stereocenters. The number of nitrogens with two attached hydrogens (primary N) is 1. The van der Waals surface area contributed by atoms with Gasteiger partial charge in [0.25, 0.3) is 0 Å². The molecule has 96 valence electrons. The van der Waals surface area contributed by atoms with Gasteiger partial charge in [-0.3, -0.25) is 0 Å². The van der Waals surface area contributed by atoms with Gasteiger partial charge in [0.2, 0.25) is 0 Å². The first kappa shape index (κ1) is 12.8. The molecular weight excluding hydrogens is 251 g/mol. The Balaban J connectivity index is 1.99. The third kappa shape index (κ3) is 2.79. The summed E-state index contributed by atoms with van der Waals surface area (Å²) in [5.41, 5.74) is 9.43. The van der Waals surface area contributed by atoms with Crippen molar-refractivity contribution in [3.8, 4) is 5.75 Å². The number of benzene rings is 1. The van der Waals surface area contributed by atoms with Gasteiger partial charge in [-0.15, -0.1) is 11.3 Å². The lowest BCUT2D eigenvalue weighted by Gasteiger charge is -2.10. The number of aryl methyl sites for hydroxylation is 2. The Morgan fingerprint density at radius 3 is 2.83 bits per heavy atom. The van der Waals surface area contributed by atoms with E-state index in [-0.39, 0.29) is 5.82 Å². The van der Waals surface area contributed by atoms with E-state index in [0.29, 0.717) is 23.6 Å². The second-order valence-corrected chi connectivity index (χ2v) is 5.04. The summed E-state index contributed by atoms with van der Waals surface area (Å²) < 4.78 is 18.8. The number of aromatic nitrogens is 1. The molecule has 5 heteroatoms. The summed E-state index contributed by atoms with van der Waals surface area (Å²) in [6, 6.07) is 2.92. The van der Waals surface area contributed by atoms with Gasteiger partial charge in [-0.25, -0.2) is 9.37 Å². The molecule has 0 saturated carbocycles. The zero-order valence-corrected chi connectivity index (χ0v) is 11.2. The van der Waals surface area contributed by atoms with E-state index in [1.54, 1.807) is 24.3 Å². The number of anilines is 1. The van der Waals surface area contributed by atoms with Crippen LogP contribution in [0.1, 0.15) is 16.1 Å². The molecule has 0 aliphatic carbocycles. The Bertz CT molecular complexity index is 554. The van der Waals surface area contributed by atoms with Crippen LogP contribution in [0.4, 0.5) is 10.1 Å². The van der Waals surface area contributed by atoms with Gasteiger partial charge in [0.1, 0.15) is 11.6 Å². The van der Waals surface area contributed by atoms with Gasteiger partial charge in [0.05, 0.1) is 23.5 Å². The molecule has 18 heavy (non-hydrogen) atoms. The molecule has 0 saturated heterocycles. The molecule has 0 unspecified atom stereocenters. The van der Waals surface area contributed by atoms with Crippen molar-refractivity contribution in [3.05, 3.63) is 39.6 Å². The van der Waals surface area contributed by atoms with Crippen LogP contribution in [-0.2, 0) is 6.42 Å². The summed E-state index contributed by atoms with van der Waals surface area (Å²) in [7, 11) is 0. The average molecular weight is 266 g/mol. The van der Waals surface area contributed by atoms with Gasteiger partial charge in [0.15, 0.2) is 0 Å². The third-order valence-corrected chi connectivity index (χ3v) is 3.72. The molecule has 2 rings (SSSR count). The second-order valence-electron chi connectivity index (χ2n) is 4.10. The van der Waals surface area contributed by atoms with E-state index in [9.17, 15) is 4.39 Å². The number of nitrogens with zero attached hydrogens (tertiary/aromatic N) is 1. The topological polar surface area (TPSA) is 48.1 Å². The fourth-order valence-electron chi connectivity index (χ4n) is 1.62. The standard InChI is InChI=1S/C13H15FN2OS/c1-8-5-12(11(15)6-10(8)14)17-4-3-13-9(2)16-7-18-13/h5-7H,3-4,15H2,1-2H3. The average Bonchev–Trinajstić information content (AvgIpc) is 2.72. The zero-order valence-electron chi connectivity index (χ0n) is 10.4. The Hall–Kier alpha value is -1.62. The highest BCUT2D eigenvalue weighted by molar-refractivity contribution is 7.09. The van der Waals surface area contributed by atoms with E-state index >= 15 is 0 Å². The fraction of sp³-hybridized carbons (Fsp3) is 0.308. The number of nitrogen functional groups attached to an aromatic ring is 1. The molecule has 0 amide bonds.